The first kappa shape index (κ1) is 9.60. The molecule has 1 aromatic heterocycles. The molecule has 0 saturated carbocycles. The zero-order chi connectivity index (χ0) is 11.0. The molecule has 0 aliphatic carbocycles. The number of fused-ring (bicyclic) bond motifs is 1. The molecule has 80 valence electrons. The zero-order valence-corrected chi connectivity index (χ0v) is 9.35. The minimum Gasteiger partial charge on any atom is -0.332 e. The maximum Gasteiger partial charge on any atom is 0.227 e. The second-order valence-electron chi connectivity index (χ2n) is 3.80. The van der Waals surface area contributed by atoms with Gasteiger partial charge in [0.1, 0.15) is 5.15 Å². The number of nitrogens with zero attached hydrogens (tertiary/aromatic N) is 3. The maximum absolute atomic E-state index is 5.86. The average molecular weight is 232 g/mol. The van der Waals surface area contributed by atoms with Crippen molar-refractivity contribution in [1.82, 2.24) is 9.97 Å². The SMILES string of the molecule is Clc1ccnc(N2Cc3ccccc3C2)n1. The molecule has 1 aromatic carbocycles. The Morgan fingerprint density at radius 1 is 1.06 bits per heavy atom. The molecule has 0 radical (unpaired) electrons. The molecule has 2 aromatic rings. The number of benzene rings is 1. The van der Waals surface area contributed by atoms with Gasteiger partial charge in [-0.3, -0.25) is 0 Å². The molecule has 3 nitrogen and oxygen atoms in total. The lowest BCUT2D eigenvalue weighted by molar-refractivity contribution is 0.828. The minimum absolute atomic E-state index is 0.487. The second kappa shape index (κ2) is 3.76. The molecular weight excluding hydrogens is 222 g/mol. The third kappa shape index (κ3) is 1.63. The van der Waals surface area contributed by atoms with Crippen molar-refractivity contribution in [3.63, 3.8) is 0 Å². The normalized spacial score (nSPS) is 13.9. The van der Waals surface area contributed by atoms with Gasteiger partial charge in [0, 0.05) is 19.3 Å². The molecule has 0 atom stereocenters. The molecule has 0 fully saturated rings. The van der Waals surface area contributed by atoms with Crippen molar-refractivity contribution in [2.24, 2.45) is 0 Å². The highest BCUT2D eigenvalue weighted by Gasteiger charge is 2.20. The van der Waals surface area contributed by atoms with Crippen LogP contribution in [0.5, 0.6) is 0 Å². The van der Waals surface area contributed by atoms with Crippen LogP contribution in [0.1, 0.15) is 11.1 Å². The van der Waals surface area contributed by atoms with E-state index in [9.17, 15) is 0 Å². The van der Waals surface area contributed by atoms with E-state index in [0.29, 0.717) is 11.1 Å². The van der Waals surface area contributed by atoms with E-state index < -0.39 is 0 Å². The zero-order valence-electron chi connectivity index (χ0n) is 8.60. The number of anilines is 1. The fraction of sp³-hybridized carbons (Fsp3) is 0.167. The predicted molar refractivity (Wildman–Crippen MR) is 63.4 cm³/mol. The van der Waals surface area contributed by atoms with Crippen molar-refractivity contribution < 1.29 is 0 Å². The summed E-state index contributed by atoms with van der Waals surface area (Å²) in [5, 5.41) is 0.487. The van der Waals surface area contributed by atoms with Gasteiger partial charge in [-0.2, -0.15) is 0 Å². The molecule has 0 bridgehead atoms. The molecule has 0 unspecified atom stereocenters. The van der Waals surface area contributed by atoms with Gasteiger partial charge in [0.25, 0.3) is 0 Å². The number of halogens is 1. The van der Waals surface area contributed by atoms with Crippen LogP contribution in [-0.2, 0) is 13.1 Å². The first-order valence-electron chi connectivity index (χ1n) is 5.13. The van der Waals surface area contributed by atoms with Crippen LogP contribution in [0.4, 0.5) is 5.95 Å². The first-order chi connectivity index (χ1) is 7.83. The van der Waals surface area contributed by atoms with Gasteiger partial charge in [-0.25, -0.2) is 9.97 Å². The highest BCUT2D eigenvalue weighted by atomic mass is 35.5. The summed E-state index contributed by atoms with van der Waals surface area (Å²) in [6, 6.07) is 10.1. The quantitative estimate of drug-likeness (QED) is 0.707. The Labute approximate surface area is 98.7 Å². The fourth-order valence-electron chi connectivity index (χ4n) is 1.95. The molecule has 0 amide bonds. The monoisotopic (exact) mass is 231 g/mol. The van der Waals surface area contributed by atoms with Gasteiger partial charge in [-0.05, 0) is 17.2 Å². The summed E-state index contributed by atoms with van der Waals surface area (Å²) in [5.74, 6) is 0.698. The minimum atomic E-state index is 0.487. The van der Waals surface area contributed by atoms with E-state index in [1.54, 1.807) is 12.3 Å². The summed E-state index contributed by atoms with van der Waals surface area (Å²) < 4.78 is 0. The summed E-state index contributed by atoms with van der Waals surface area (Å²) in [5.41, 5.74) is 2.68. The molecule has 3 rings (SSSR count). The van der Waals surface area contributed by atoms with Crippen LogP contribution >= 0.6 is 11.6 Å². The van der Waals surface area contributed by atoms with Crippen molar-refractivity contribution in [3.8, 4) is 0 Å². The Morgan fingerprint density at radius 2 is 1.75 bits per heavy atom. The third-order valence-electron chi connectivity index (χ3n) is 2.73. The number of hydrogen-bond acceptors (Lipinski definition) is 3. The number of rotatable bonds is 1. The van der Waals surface area contributed by atoms with E-state index in [-0.39, 0.29) is 0 Å². The van der Waals surface area contributed by atoms with Gasteiger partial charge < -0.3 is 4.90 Å². The Balaban J connectivity index is 1.91. The van der Waals surface area contributed by atoms with Crippen molar-refractivity contribution in [1.29, 1.82) is 0 Å². The van der Waals surface area contributed by atoms with Crippen LogP contribution in [0, 0.1) is 0 Å². The molecule has 0 saturated heterocycles. The van der Waals surface area contributed by atoms with E-state index in [1.165, 1.54) is 11.1 Å². The van der Waals surface area contributed by atoms with Gasteiger partial charge in [0.05, 0.1) is 0 Å². The summed E-state index contributed by atoms with van der Waals surface area (Å²) in [7, 11) is 0. The van der Waals surface area contributed by atoms with Gasteiger partial charge in [-0.15, -0.1) is 0 Å². The summed E-state index contributed by atoms with van der Waals surface area (Å²) in [4.78, 5) is 10.6. The van der Waals surface area contributed by atoms with E-state index in [2.05, 4.69) is 39.1 Å². The van der Waals surface area contributed by atoms with Gasteiger partial charge in [0.2, 0.25) is 5.95 Å². The second-order valence-corrected chi connectivity index (χ2v) is 4.19. The maximum atomic E-state index is 5.86. The molecular formula is C12H10ClN3. The molecule has 1 aliphatic rings. The number of aromatic nitrogens is 2. The highest BCUT2D eigenvalue weighted by Crippen LogP contribution is 2.25. The highest BCUT2D eigenvalue weighted by molar-refractivity contribution is 6.29. The largest absolute Gasteiger partial charge is 0.332 e. The summed E-state index contributed by atoms with van der Waals surface area (Å²) in [6.07, 6.45) is 1.69. The summed E-state index contributed by atoms with van der Waals surface area (Å²) in [6.45, 7) is 1.72. The van der Waals surface area contributed by atoms with Crippen LogP contribution in [0.15, 0.2) is 36.5 Å². The molecule has 1 aliphatic heterocycles. The van der Waals surface area contributed by atoms with Crippen LogP contribution in [0.3, 0.4) is 0 Å². The van der Waals surface area contributed by atoms with Crippen LogP contribution in [0.2, 0.25) is 5.15 Å². The van der Waals surface area contributed by atoms with Gasteiger partial charge >= 0.3 is 0 Å². The molecule has 16 heavy (non-hydrogen) atoms. The van der Waals surface area contributed by atoms with E-state index in [0.717, 1.165) is 13.1 Å². The Hall–Kier alpha value is -1.61. The molecule has 0 N–H and O–H groups in total. The first-order valence-corrected chi connectivity index (χ1v) is 5.51. The fourth-order valence-corrected chi connectivity index (χ4v) is 2.09. The smallest absolute Gasteiger partial charge is 0.227 e. The van der Waals surface area contributed by atoms with Crippen LogP contribution in [-0.4, -0.2) is 9.97 Å². The van der Waals surface area contributed by atoms with Crippen molar-refractivity contribution in [2.75, 3.05) is 4.90 Å². The van der Waals surface area contributed by atoms with Crippen molar-refractivity contribution in [3.05, 3.63) is 52.8 Å². The average Bonchev–Trinajstić information content (AvgIpc) is 2.72. The molecule has 0 spiro atoms. The van der Waals surface area contributed by atoms with E-state index in [4.69, 9.17) is 11.6 Å². The molecule has 4 heteroatoms. The van der Waals surface area contributed by atoms with Crippen LogP contribution < -0.4 is 4.90 Å². The van der Waals surface area contributed by atoms with E-state index in [1.807, 2.05) is 0 Å². The van der Waals surface area contributed by atoms with Gasteiger partial charge in [0.15, 0.2) is 0 Å². The van der Waals surface area contributed by atoms with Gasteiger partial charge in [-0.1, -0.05) is 35.9 Å². The standard InChI is InChI=1S/C12H10ClN3/c13-11-5-6-14-12(15-11)16-7-9-3-1-2-4-10(9)8-16/h1-6H,7-8H2. The Bertz CT molecular complexity index is 502. The number of hydrogen-bond donors (Lipinski definition) is 0. The molecule has 2 heterocycles. The lowest BCUT2D eigenvalue weighted by atomic mass is 10.1. The predicted octanol–water partition coefficient (Wildman–Crippen LogP) is 2.65. The van der Waals surface area contributed by atoms with Crippen molar-refractivity contribution >= 4 is 17.5 Å². The Morgan fingerprint density at radius 3 is 2.38 bits per heavy atom. The van der Waals surface area contributed by atoms with E-state index >= 15 is 0 Å². The van der Waals surface area contributed by atoms with Crippen molar-refractivity contribution in [2.45, 2.75) is 13.1 Å². The summed E-state index contributed by atoms with van der Waals surface area (Å²) >= 11 is 5.86. The lowest BCUT2D eigenvalue weighted by Crippen LogP contribution is -2.17. The topological polar surface area (TPSA) is 29.0 Å². The third-order valence-corrected chi connectivity index (χ3v) is 2.94. The Kier molecular flexibility index (Phi) is 2.26. The lowest BCUT2D eigenvalue weighted by Gasteiger charge is -2.14. The van der Waals surface area contributed by atoms with Crippen LogP contribution in [0.25, 0.3) is 0 Å².